The number of hydrogen-bond acceptors (Lipinski definition) is 3. The van der Waals surface area contributed by atoms with Crippen LogP contribution in [0, 0.1) is 0 Å². The lowest BCUT2D eigenvalue weighted by Gasteiger charge is -2.15. The smallest absolute Gasteiger partial charge is 0.242 e. The van der Waals surface area contributed by atoms with Crippen molar-refractivity contribution in [1.82, 2.24) is 4.72 Å². The van der Waals surface area contributed by atoms with Crippen molar-refractivity contribution in [1.29, 1.82) is 0 Å². The molecule has 0 fully saturated rings. The summed E-state index contributed by atoms with van der Waals surface area (Å²) in [5, 5.41) is 0.172. The summed E-state index contributed by atoms with van der Waals surface area (Å²) in [5.41, 5.74) is 0. The molecule has 0 spiro atoms. The summed E-state index contributed by atoms with van der Waals surface area (Å²) in [5.74, 6) is 0.123. The van der Waals surface area contributed by atoms with Gasteiger partial charge >= 0.3 is 0 Å². The fraction of sp³-hybridized carbons (Fsp3) is 0.400. The van der Waals surface area contributed by atoms with Crippen molar-refractivity contribution in [2.45, 2.75) is 10.9 Å². The lowest BCUT2D eigenvalue weighted by Crippen LogP contribution is -2.39. The van der Waals surface area contributed by atoms with Crippen LogP contribution in [0.2, 0.25) is 5.02 Å². The van der Waals surface area contributed by atoms with Crippen LogP contribution in [-0.4, -0.2) is 34.1 Å². The van der Waals surface area contributed by atoms with Crippen molar-refractivity contribution in [2.75, 3.05) is 19.6 Å². The highest BCUT2D eigenvalue weighted by Crippen LogP contribution is 2.20. The molecule has 4 nitrogen and oxygen atoms in total. The molecule has 0 radical (unpaired) electrons. The lowest BCUT2D eigenvalue weighted by molar-refractivity contribution is 0.181. The van der Waals surface area contributed by atoms with Crippen LogP contribution < -0.4 is 4.72 Å². The van der Waals surface area contributed by atoms with Crippen LogP contribution in [0.1, 0.15) is 0 Å². The van der Waals surface area contributed by atoms with E-state index in [-0.39, 0.29) is 22.4 Å². The molecule has 1 rings (SSSR count). The molecule has 1 atom stereocenters. The first-order valence-electron chi connectivity index (χ1n) is 4.83. The third kappa shape index (κ3) is 4.12. The van der Waals surface area contributed by atoms with Crippen molar-refractivity contribution in [3.63, 3.8) is 0 Å². The van der Waals surface area contributed by atoms with Crippen LogP contribution in [0.15, 0.2) is 29.2 Å². The molecule has 0 aliphatic rings. The maximum absolute atomic E-state index is 12.0. The van der Waals surface area contributed by atoms with E-state index in [0.717, 1.165) is 0 Å². The van der Waals surface area contributed by atoms with Gasteiger partial charge in [-0.25, -0.2) is 13.1 Å². The van der Waals surface area contributed by atoms with E-state index in [9.17, 15) is 8.42 Å². The van der Waals surface area contributed by atoms with Gasteiger partial charge < -0.3 is 4.74 Å². The predicted molar refractivity (Wildman–Crippen MR) is 68.2 cm³/mol. The van der Waals surface area contributed by atoms with E-state index in [0.29, 0.717) is 0 Å². The normalized spacial score (nSPS) is 13.6. The standard InChI is InChI=1S/C10H13Cl2NO3S/c1-16-7-8(6-11)13-17(14,15)10-5-3-2-4-9(10)12/h2-5,8,13H,6-7H2,1H3. The summed E-state index contributed by atoms with van der Waals surface area (Å²) in [6, 6.07) is 5.73. The second kappa shape index (κ2) is 6.56. The fourth-order valence-corrected chi connectivity index (χ4v) is 3.25. The number of hydrogen-bond donors (Lipinski definition) is 1. The molecule has 1 unspecified atom stereocenters. The van der Waals surface area contributed by atoms with Crippen molar-refractivity contribution in [2.24, 2.45) is 0 Å². The molecular formula is C10H13Cl2NO3S. The first kappa shape index (κ1) is 14.7. The summed E-state index contributed by atoms with van der Waals surface area (Å²) in [6.07, 6.45) is 0. The van der Waals surface area contributed by atoms with Gasteiger partial charge in [-0.05, 0) is 12.1 Å². The van der Waals surface area contributed by atoms with Gasteiger partial charge in [0.25, 0.3) is 0 Å². The van der Waals surface area contributed by atoms with Crippen molar-refractivity contribution in [3.8, 4) is 0 Å². The van der Waals surface area contributed by atoms with E-state index >= 15 is 0 Å². The number of sulfonamides is 1. The molecule has 0 saturated heterocycles. The quantitative estimate of drug-likeness (QED) is 0.816. The molecule has 0 heterocycles. The maximum atomic E-state index is 12.0. The second-order valence-electron chi connectivity index (χ2n) is 3.36. The van der Waals surface area contributed by atoms with Crippen LogP contribution in [0.4, 0.5) is 0 Å². The zero-order valence-corrected chi connectivity index (χ0v) is 11.5. The Morgan fingerprint density at radius 2 is 2.06 bits per heavy atom. The van der Waals surface area contributed by atoms with Gasteiger partial charge in [-0.3, -0.25) is 0 Å². The van der Waals surface area contributed by atoms with Crippen molar-refractivity contribution < 1.29 is 13.2 Å². The SMILES string of the molecule is COCC(CCl)NS(=O)(=O)c1ccccc1Cl. The van der Waals surface area contributed by atoms with Gasteiger partial charge in [-0.2, -0.15) is 0 Å². The van der Waals surface area contributed by atoms with E-state index in [2.05, 4.69) is 4.72 Å². The first-order chi connectivity index (χ1) is 8.01. The molecule has 0 bridgehead atoms. The Morgan fingerprint density at radius 3 is 2.59 bits per heavy atom. The molecular weight excluding hydrogens is 285 g/mol. The van der Waals surface area contributed by atoms with Crippen molar-refractivity contribution in [3.05, 3.63) is 29.3 Å². The van der Waals surface area contributed by atoms with Gasteiger partial charge in [0, 0.05) is 13.0 Å². The Kier molecular flexibility index (Phi) is 5.69. The topological polar surface area (TPSA) is 55.4 Å². The summed E-state index contributed by atoms with van der Waals surface area (Å²) in [7, 11) is -2.20. The first-order valence-corrected chi connectivity index (χ1v) is 7.22. The Bertz CT molecular complexity index is 464. The van der Waals surface area contributed by atoms with Gasteiger partial charge in [-0.15, -0.1) is 11.6 Å². The number of benzene rings is 1. The molecule has 0 amide bonds. The Morgan fingerprint density at radius 1 is 1.41 bits per heavy atom. The van der Waals surface area contributed by atoms with Crippen molar-refractivity contribution >= 4 is 33.2 Å². The number of methoxy groups -OCH3 is 1. The van der Waals surface area contributed by atoms with Crippen LogP contribution in [0.25, 0.3) is 0 Å². The summed E-state index contributed by atoms with van der Waals surface area (Å²) < 4.78 is 31.3. The van der Waals surface area contributed by atoms with Crippen LogP contribution in [-0.2, 0) is 14.8 Å². The third-order valence-corrected chi connectivity index (χ3v) is 4.39. The van der Waals surface area contributed by atoms with Gasteiger partial charge in [-0.1, -0.05) is 23.7 Å². The zero-order valence-electron chi connectivity index (χ0n) is 9.19. The zero-order chi connectivity index (χ0) is 12.9. The summed E-state index contributed by atoms with van der Waals surface area (Å²) >= 11 is 11.5. The average molecular weight is 298 g/mol. The van der Waals surface area contributed by atoms with Crippen LogP contribution in [0.5, 0.6) is 0 Å². The Balaban J connectivity index is 2.92. The minimum absolute atomic E-state index is 0.0351. The number of rotatable bonds is 6. The van der Waals surface area contributed by atoms with E-state index in [1.807, 2.05) is 0 Å². The van der Waals surface area contributed by atoms with E-state index in [4.69, 9.17) is 27.9 Å². The van der Waals surface area contributed by atoms with Gasteiger partial charge in [0.15, 0.2) is 0 Å². The maximum Gasteiger partial charge on any atom is 0.242 e. The van der Waals surface area contributed by atoms with E-state index in [1.165, 1.54) is 19.2 Å². The Hall–Kier alpha value is -0.330. The number of halogens is 2. The number of ether oxygens (including phenoxy) is 1. The average Bonchev–Trinajstić information content (AvgIpc) is 2.28. The van der Waals surface area contributed by atoms with Gasteiger partial charge in [0.1, 0.15) is 4.90 Å². The molecule has 1 N–H and O–H groups in total. The molecule has 7 heteroatoms. The summed E-state index contributed by atoms with van der Waals surface area (Å²) in [6.45, 7) is 0.202. The fourth-order valence-electron chi connectivity index (χ4n) is 1.26. The molecule has 0 aliphatic carbocycles. The Labute approximate surface area is 111 Å². The minimum Gasteiger partial charge on any atom is -0.383 e. The molecule has 0 aliphatic heterocycles. The molecule has 1 aromatic rings. The van der Waals surface area contributed by atoms with Crippen LogP contribution in [0.3, 0.4) is 0 Å². The molecule has 0 aromatic heterocycles. The summed E-state index contributed by atoms with van der Waals surface area (Å²) in [4.78, 5) is 0.0351. The van der Waals surface area contributed by atoms with Crippen LogP contribution >= 0.6 is 23.2 Å². The van der Waals surface area contributed by atoms with Gasteiger partial charge in [0.05, 0.1) is 17.7 Å². The molecule has 17 heavy (non-hydrogen) atoms. The predicted octanol–water partition coefficient (Wildman–Crippen LogP) is 1.87. The largest absolute Gasteiger partial charge is 0.383 e. The third-order valence-electron chi connectivity index (χ3n) is 2.00. The minimum atomic E-state index is -3.67. The van der Waals surface area contributed by atoms with Gasteiger partial charge in [0.2, 0.25) is 10.0 Å². The van der Waals surface area contributed by atoms with E-state index < -0.39 is 16.1 Å². The molecule has 0 saturated carbocycles. The number of nitrogens with one attached hydrogen (secondary N) is 1. The highest BCUT2D eigenvalue weighted by Gasteiger charge is 2.21. The monoisotopic (exact) mass is 297 g/mol. The highest BCUT2D eigenvalue weighted by molar-refractivity contribution is 7.89. The second-order valence-corrected chi connectivity index (χ2v) is 5.76. The van der Waals surface area contributed by atoms with E-state index in [1.54, 1.807) is 12.1 Å². The molecule has 96 valence electrons. The number of alkyl halides is 1. The highest BCUT2D eigenvalue weighted by atomic mass is 35.5. The lowest BCUT2D eigenvalue weighted by atomic mass is 10.4. The molecule has 1 aromatic carbocycles.